The number of hydrogen-bond donors (Lipinski definition) is 4. The molecule has 1 fully saturated rings. The summed E-state index contributed by atoms with van der Waals surface area (Å²) in [6, 6.07) is 3.11. The minimum atomic E-state index is -0.595. The van der Waals surface area contributed by atoms with Gasteiger partial charge >= 0.3 is 0 Å². The van der Waals surface area contributed by atoms with E-state index in [0.717, 1.165) is 0 Å². The van der Waals surface area contributed by atoms with Gasteiger partial charge in [0.1, 0.15) is 0 Å². The summed E-state index contributed by atoms with van der Waals surface area (Å²) in [7, 11) is 0. The molecule has 0 aliphatic carbocycles. The lowest BCUT2D eigenvalue weighted by Gasteiger charge is -2.24. The lowest BCUT2D eigenvalue weighted by Crippen LogP contribution is -2.39. The van der Waals surface area contributed by atoms with Crippen LogP contribution >= 0.6 is 0 Å². The van der Waals surface area contributed by atoms with Crippen molar-refractivity contribution in [2.24, 2.45) is 0 Å². The number of benzene rings is 1. The van der Waals surface area contributed by atoms with Gasteiger partial charge in [0.15, 0.2) is 0 Å². The summed E-state index contributed by atoms with van der Waals surface area (Å²) in [6.07, 6.45) is 0.533. The number of piperidine rings is 1. The van der Waals surface area contributed by atoms with Crippen LogP contribution < -0.4 is 16.0 Å². The summed E-state index contributed by atoms with van der Waals surface area (Å²) in [5, 5.41) is 16.4. The monoisotopic (exact) mass is 317 g/mol. The second-order valence-electron chi connectivity index (χ2n) is 5.39. The molecule has 3 rings (SSSR count). The molecule has 0 bridgehead atoms. The zero-order valence-corrected chi connectivity index (χ0v) is 12.1. The molecule has 1 aromatic rings. The fraction of sp³-hybridized carbons (Fsp3) is 0.333. The molecule has 0 aromatic heterocycles. The molecule has 0 spiro atoms. The van der Waals surface area contributed by atoms with E-state index in [9.17, 15) is 19.2 Å². The molecule has 1 atom stereocenters. The summed E-state index contributed by atoms with van der Waals surface area (Å²) in [5.41, 5.74) is 1.29. The Labute approximate surface area is 131 Å². The first-order chi connectivity index (χ1) is 11.0. The molecule has 2 heterocycles. The molecule has 8 nitrogen and oxygen atoms in total. The van der Waals surface area contributed by atoms with Crippen molar-refractivity contribution in [2.75, 3.05) is 18.5 Å². The Balaban J connectivity index is 2.08. The molecule has 23 heavy (non-hydrogen) atoms. The lowest BCUT2D eigenvalue weighted by molar-refractivity contribution is -0.134. The highest BCUT2D eigenvalue weighted by Gasteiger charge is 2.35. The van der Waals surface area contributed by atoms with Crippen molar-refractivity contribution >= 4 is 29.3 Å². The predicted molar refractivity (Wildman–Crippen MR) is 78.9 cm³/mol. The third kappa shape index (κ3) is 2.57. The molecule has 4 amide bonds. The number of aliphatic hydroxyl groups excluding tert-OH is 1. The SMILES string of the molecule is O=C1CCC(c2ccc3c(c2NCCO)C(=O)NC3=O)C(=O)N1. The van der Waals surface area contributed by atoms with Crippen molar-refractivity contribution in [3.63, 3.8) is 0 Å². The Bertz CT molecular complexity index is 728. The Morgan fingerprint density at radius 1 is 1.13 bits per heavy atom. The number of rotatable bonds is 4. The molecule has 4 N–H and O–H groups in total. The Morgan fingerprint density at radius 3 is 2.61 bits per heavy atom. The number of fused-ring (bicyclic) bond motifs is 1. The van der Waals surface area contributed by atoms with E-state index in [0.29, 0.717) is 17.7 Å². The number of carbonyl (C=O) groups excluding carboxylic acids is 4. The van der Waals surface area contributed by atoms with Crippen LogP contribution in [0, 0.1) is 0 Å². The van der Waals surface area contributed by atoms with Crippen LogP contribution in [0.25, 0.3) is 0 Å². The fourth-order valence-corrected chi connectivity index (χ4v) is 2.93. The number of nitrogens with one attached hydrogen (secondary N) is 3. The average Bonchev–Trinajstić information content (AvgIpc) is 2.80. The van der Waals surface area contributed by atoms with Gasteiger partial charge in [-0.15, -0.1) is 0 Å². The van der Waals surface area contributed by atoms with Crippen molar-refractivity contribution in [2.45, 2.75) is 18.8 Å². The van der Waals surface area contributed by atoms with Gasteiger partial charge in [0.2, 0.25) is 11.8 Å². The minimum absolute atomic E-state index is 0.165. The second kappa shape index (κ2) is 5.81. The molecule has 2 aliphatic rings. The summed E-state index contributed by atoms with van der Waals surface area (Å²) in [5.74, 6) is -2.39. The maximum absolute atomic E-state index is 12.1. The quantitative estimate of drug-likeness (QED) is 0.555. The van der Waals surface area contributed by atoms with Crippen molar-refractivity contribution in [1.29, 1.82) is 0 Å². The van der Waals surface area contributed by atoms with Gasteiger partial charge in [-0.2, -0.15) is 0 Å². The van der Waals surface area contributed by atoms with Crippen LogP contribution in [0.15, 0.2) is 12.1 Å². The molecular weight excluding hydrogens is 302 g/mol. The Morgan fingerprint density at radius 2 is 1.91 bits per heavy atom. The first-order valence-corrected chi connectivity index (χ1v) is 7.24. The highest BCUT2D eigenvalue weighted by molar-refractivity contribution is 6.24. The van der Waals surface area contributed by atoms with E-state index in [2.05, 4.69) is 16.0 Å². The van der Waals surface area contributed by atoms with Gasteiger partial charge in [-0.25, -0.2) is 0 Å². The summed E-state index contributed by atoms with van der Waals surface area (Å²) in [6.45, 7) is -0.00772. The van der Waals surface area contributed by atoms with E-state index in [4.69, 9.17) is 5.11 Å². The minimum Gasteiger partial charge on any atom is -0.395 e. The predicted octanol–water partition coefficient (Wildman–Crippen LogP) is -0.505. The van der Waals surface area contributed by atoms with Gasteiger partial charge in [-0.3, -0.25) is 29.8 Å². The number of anilines is 1. The molecule has 8 heteroatoms. The average molecular weight is 317 g/mol. The normalized spacial score (nSPS) is 20.1. The maximum Gasteiger partial charge on any atom is 0.261 e. The first kappa shape index (κ1) is 15.2. The zero-order chi connectivity index (χ0) is 16.6. The van der Waals surface area contributed by atoms with Gasteiger partial charge in [0.05, 0.1) is 29.3 Å². The van der Waals surface area contributed by atoms with Crippen molar-refractivity contribution in [1.82, 2.24) is 10.6 Å². The Kier molecular flexibility index (Phi) is 3.83. The molecule has 120 valence electrons. The number of carbonyl (C=O) groups is 4. The van der Waals surface area contributed by atoms with E-state index in [-0.39, 0.29) is 36.6 Å². The summed E-state index contributed by atoms with van der Waals surface area (Å²) < 4.78 is 0. The summed E-state index contributed by atoms with van der Waals surface area (Å²) >= 11 is 0. The molecule has 1 saturated heterocycles. The third-order valence-corrected chi connectivity index (χ3v) is 3.96. The lowest BCUT2D eigenvalue weighted by atomic mass is 9.87. The molecule has 0 saturated carbocycles. The number of amides is 4. The zero-order valence-electron chi connectivity index (χ0n) is 12.1. The van der Waals surface area contributed by atoms with Crippen molar-refractivity contribution in [3.05, 3.63) is 28.8 Å². The van der Waals surface area contributed by atoms with Crippen molar-refractivity contribution < 1.29 is 24.3 Å². The van der Waals surface area contributed by atoms with E-state index in [1.807, 2.05) is 0 Å². The third-order valence-electron chi connectivity index (χ3n) is 3.96. The van der Waals surface area contributed by atoms with Gasteiger partial charge in [0, 0.05) is 13.0 Å². The van der Waals surface area contributed by atoms with Crippen LogP contribution in [0.4, 0.5) is 5.69 Å². The molecule has 1 unspecified atom stereocenters. The smallest absolute Gasteiger partial charge is 0.261 e. The molecule has 1 aromatic carbocycles. The van der Waals surface area contributed by atoms with Crippen LogP contribution in [-0.2, 0) is 9.59 Å². The topological polar surface area (TPSA) is 125 Å². The van der Waals surface area contributed by atoms with E-state index in [1.54, 1.807) is 6.07 Å². The maximum atomic E-state index is 12.1. The number of hydrogen-bond acceptors (Lipinski definition) is 6. The molecule has 0 radical (unpaired) electrons. The van der Waals surface area contributed by atoms with Crippen LogP contribution in [0.3, 0.4) is 0 Å². The highest BCUT2D eigenvalue weighted by Crippen LogP contribution is 2.36. The number of imide groups is 2. The standard InChI is InChI=1S/C15H15N3O5/c19-6-5-16-12-7(8-3-4-10(20)17-13(8)21)1-2-9-11(12)15(23)18-14(9)22/h1-2,8,16,19H,3-6H2,(H,17,20,21)(H,18,22,23). The van der Waals surface area contributed by atoms with E-state index < -0.39 is 23.6 Å². The van der Waals surface area contributed by atoms with Crippen LogP contribution in [-0.4, -0.2) is 41.9 Å². The molecule has 2 aliphatic heterocycles. The van der Waals surface area contributed by atoms with Crippen LogP contribution in [0.5, 0.6) is 0 Å². The first-order valence-electron chi connectivity index (χ1n) is 7.24. The van der Waals surface area contributed by atoms with Gasteiger partial charge in [0.25, 0.3) is 11.8 Å². The summed E-state index contributed by atoms with van der Waals surface area (Å²) in [4.78, 5) is 47.2. The van der Waals surface area contributed by atoms with Gasteiger partial charge in [-0.1, -0.05) is 6.07 Å². The van der Waals surface area contributed by atoms with Crippen molar-refractivity contribution in [3.8, 4) is 0 Å². The van der Waals surface area contributed by atoms with Crippen LogP contribution in [0.1, 0.15) is 45.0 Å². The second-order valence-corrected chi connectivity index (χ2v) is 5.39. The Hall–Kier alpha value is -2.74. The van der Waals surface area contributed by atoms with Gasteiger partial charge in [-0.05, 0) is 18.1 Å². The molecular formula is C15H15N3O5. The number of aliphatic hydroxyl groups is 1. The van der Waals surface area contributed by atoms with Crippen LogP contribution in [0.2, 0.25) is 0 Å². The van der Waals surface area contributed by atoms with Gasteiger partial charge < -0.3 is 10.4 Å². The highest BCUT2D eigenvalue weighted by atomic mass is 16.3. The van der Waals surface area contributed by atoms with E-state index >= 15 is 0 Å². The fourth-order valence-electron chi connectivity index (χ4n) is 2.93. The van der Waals surface area contributed by atoms with E-state index in [1.165, 1.54) is 6.07 Å². The largest absolute Gasteiger partial charge is 0.395 e.